The van der Waals surface area contributed by atoms with Crippen LogP contribution in [0, 0.1) is 10.7 Å². The molecule has 140 valence electrons. The van der Waals surface area contributed by atoms with Crippen molar-refractivity contribution in [3.63, 3.8) is 0 Å². The molecule has 1 saturated carbocycles. The number of thiophene rings is 1. The molecule has 27 heavy (non-hydrogen) atoms. The van der Waals surface area contributed by atoms with Gasteiger partial charge >= 0.3 is 0 Å². The third-order valence-electron chi connectivity index (χ3n) is 5.77. The molecule has 1 aromatic carbocycles. The van der Waals surface area contributed by atoms with Crippen molar-refractivity contribution in [2.45, 2.75) is 45.4 Å². The maximum atomic E-state index is 5.80. The van der Waals surface area contributed by atoms with Crippen molar-refractivity contribution in [1.29, 1.82) is 0 Å². The quantitative estimate of drug-likeness (QED) is 0.559. The predicted molar refractivity (Wildman–Crippen MR) is 112 cm³/mol. The molecule has 0 radical (unpaired) electrons. The summed E-state index contributed by atoms with van der Waals surface area (Å²) in [4.78, 5) is 4.18. The van der Waals surface area contributed by atoms with Crippen LogP contribution in [-0.4, -0.2) is 25.8 Å². The van der Waals surface area contributed by atoms with Crippen LogP contribution in [0.3, 0.4) is 0 Å². The van der Waals surface area contributed by atoms with Crippen molar-refractivity contribution in [3.05, 3.63) is 57.0 Å². The Morgan fingerprint density at radius 1 is 1.19 bits per heavy atom. The van der Waals surface area contributed by atoms with Crippen molar-refractivity contribution in [3.8, 4) is 11.4 Å². The van der Waals surface area contributed by atoms with Gasteiger partial charge in [-0.1, -0.05) is 30.3 Å². The highest BCUT2D eigenvalue weighted by Crippen LogP contribution is 2.48. The number of hydrogen-bond donors (Lipinski definition) is 0. The van der Waals surface area contributed by atoms with E-state index in [9.17, 15) is 0 Å². The third kappa shape index (κ3) is 3.10. The van der Waals surface area contributed by atoms with Crippen LogP contribution in [-0.2, 0) is 19.6 Å². The summed E-state index contributed by atoms with van der Waals surface area (Å²) in [6, 6.07) is 13.3. The Morgan fingerprint density at radius 3 is 2.74 bits per heavy atom. The summed E-state index contributed by atoms with van der Waals surface area (Å²) >= 11 is 7.72. The maximum absolute atomic E-state index is 5.80. The molecule has 2 aromatic heterocycles. The van der Waals surface area contributed by atoms with Gasteiger partial charge in [-0.3, -0.25) is 4.90 Å². The van der Waals surface area contributed by atoms with E-state index < -0.39 is 0 Å². The molecule has 0 N–H and O–H groups in total. The summed E-state index contributed by atoms with van der Waals surface area (Å²) < 4.78 is 5.01. The van der Waals surface area contributed by atoms with E-state index in [1.54, 1.807) is 10.4 Å². The van der Waals surface area contributed by atoms with Gasteiger partial charge in [0.05, 0.1) is 6.67 Å². The van der Waals surface area contributed by atoms with Crippen LogP contribution in [0.1, 0.15) is 36.2 Å². The molecule has 0 unspecified atom stereocenters. The molecule has 6 heteroatoms. The number of fused-ring (bicyclic) bond motifs is 1. The number of benzene rings is 1. The highest BCUT2D eigenvalue weighted by atomic mass is 32.1. The van der Waals surface area contributed by atoms with Crippen molar-refractivity contribution < 1.29 is 0 Å². The Bertz CT molecular complexity index is 997. The summed E-state index contributed by atoms with van der Waals surface area (Å²) in [7, 11) is 0. The molecule has 1 aliphatic carbocycles. The molecule has 1 atom stereocenters. The Morgan fingerprint density at radius 2 is 2.00 bits per heavy atom. The number of aromatic nitrogens is 3. The number of nitrogens with zero attached hydrogens (tertiary/aromatic N) is 4. The largest absolute Gasteiger partial charge is 0.300 e. The van der Waals surface area contributed by atoms with Gasteiger partial charge in [-0.15, -0.1) is 11.3 Å². The van der Waals surface area contributed by atoms with E-state index in [-0.39, 0.29) is 0 Å². The van der Waals surface area contributed by atoms with E-state index in [0.717, 1.165) is 48.3 Å². The lowest BCUT2D eigenvalue weighted by atomic mass is 9.96. The van der Waals surface area contributed by atoms with Crippen LogP contribution in [0.2, 0.25) is 0 Å². The zero-order chi connectivity index (χ0) is 18.4. The van der Waals surface area contributed by atoms with Crippen LogP contribution in [0.15, 0.2) is 41.8 Å². The molecule has 2 aliphatic rings. The minimum Gasteiger partial charge on any atom is -0.300 e. The third-order valence-corrected chi connectivity index (χ3v) is 7.20. The highest BCUT2D eigenvalue weighted by molar-refractivity contribution is 7.71. The molecule has 1 aliphatic heterocycles. The molecule has 1 fully saturated rings. The van der Waals surface area contributed by atoms with Gasteiger partial charge in [0, 0.05) is 29.6 Å². The molecule has 0 saturated heterocycles. The van der Waals surface area contributed by atoms with Gasteiger partial charge in [-0.2, -0.15) is 5.10 Å². The van der Waals surface area contributed by atoms with E-state index in [0.29, 0.717) is 6.04 Å². The van der Waals surface area contributed by atoms with Gasteiger partial charge in [0.2, 0.25) is 0 Å². The molecule has 4 nitrogen and oxygen atoms in total. The second-order valence-electron chi connectivity index (χ2n) is 7.50. The van der Waals surface area contributed by atoms with Crippen molar-refractivity contribution in [1.82, 2.24) is 19.2 Å². The second-order valence-corrected chi connectivity index (χ2v) is 8.87. The van der Waals surface area contributed by atoms with Crippen molar-refractivity contribution in [2.75, 3.05) is 6.54 Å². The molecular formula is C21H24N4S2. The Kier molecular flexibility index (Phi) is 4.50. The lowest BCUT2D eigenvalue weighted by Crippen LogP contribution is -2.37. The molecular weight excluding hydrogens is 372 g/mol. The molecule has 0 amide bonds. The topological polar surface area (TPSA) is 26.0 Å². The Hall–Kier alpha value is -1.76. The first-order chi connectivity index (χ1) is 13.3. The fourth-order valence-corrected chi connectivity index (χ4v) is 5.54. The van der Waals surface area contributed by atoms with E-state index >= 15 is 0 Å². The van der Waals surface area contributed by atoms with Gasteiger partial charge in [0.15, 0.2) is 10.6 Å². The predicted octanol–water partition coefficient (Wildman–Crippen LogP) is 5.13. The number of rotatable bonds is 5. The summed E-state index contributed by atoms with van der Waals surface area (Å²) in [6.45, 7) is 4.85. The molecule has 0 spiro atoms. The first-order valence-corrected chi connectivity index (χ1v) is 11.1. The second kappa shape index (κ2) is 7.00. The van der Waals surface area contributed by atoms with Gasteiger partial charge in [0.25, 0.3) is 0 Å². The summed E-state index contributed by atoms with van der Waals surface area (Å²) in [6.07, 6.45) is 3.84. The number of hydrogen-bond acceptors (Lipinski definition) is 4. The van der Waals surface area contributed by atoms with Crippen LogP contribution >= 0.6 is 23.6 Å². The van der Waals surface area contributed by atoms with Crippen LogP contribution < -0.4 is 0 Å². The lowest BCUT2D eigenvalue weighted by Gasteiger charge is -2.35. The minimum absolute atomic E-state index is 0.536. The maximum Gasteiger partial charge on any atom is 0.199 e. The Balaban J connectivity index is 1.49. The average molecular weight is 397 g/mol. The molecule has 3 heterocycles. The molecule has 3 aromatic rings. The first-order valence-electron chi connectivity index (χ1n) is 9.79. The standard InChI is InChI=1S/C21H24N4S2/c1-2-24-20(16-6-4-3-5-7-16)22-25(21(24)26)14-23-12-10-18-17(11-13-27-18)19(23)15-8-9-15/h3-7,11,13,15,19H,2,8-10,12,14H2,1H3/t19-/m1/s1. The van der Waals surface area contributed by atoms with Crippen LogP contribution in [0.25, 0.3) is 11.4 Å². The smallest absolute Gasteiger partial charge is 0.199 e. The monoisotopic (exact) mass is 396 g/mol. The van der Waals surface area contributed by atoms with Crippen LogP contribution in [0.5, 0.6) is 0 Å². The fraction of sp³-hybridized carbons (Fsp3) is 0.429. The van der Waals surface area contributed by atoms with Gasteiger partial charge in [0.1, 0.15) is 0 Å². The zero-order valence-corrected chi connectivity index (χ0v) is 17.2. The van der Waals surface area contributed by atoms with E-state index in [4.69, 9.17) is 17.3 Å². The normalized spacial score (nSPS) is 20.0. The van der Waals surface area contributed by atoms with Gasteiger partial charge < -0.3 is 4.57 Å². The lowest BCUT2D eigenvalue weighted by molar-refractivity contribution is 0.117. The average Bonchev–Trinajstić information content (AvgIpc) is 3.33. The van der Waals surface area contributed by atoms with E-state index in [2.05, 4.69) is 52.1 Å². The van der Waals surface area contributed by atoms with Crippen molar-refractivity contribution in [2.24, 2.45) is 5.92 Å². The van der Waals surface area contributed by atoms with Gasteiger partial charge in [-0.05, 0) is 61.3 Å². The van der Waals surface area contributed by atoms with Crippen LogP contribution in [0.4, 0.5) is 0 Å². The van der Waals surface area contributed by atoms with Gasteiger partial charge in [-0.25, -0.2) is 4.68 Å². The summed E-state index contributed by atoms with van der Waals surface area (Å²) in [5.74, 6) is 1.77. The highest BCUT2D eigenvalue weighted by Gasteiger charge is 2.40. The van der Waals surface area contributed by atoms with E-state index in [1.807, 2.05) is 22.1 Å². The minimum atomic E-state index is 0.536. The summed E-state index contributed by atoms with van der Waals surface area (Å²) in [5.41, 5.74) is 2.68. The SMILES string of the molecule is CCn1c(-c2ccccc2)nn(CN2CCc3sccc3[C@H]2C2CC2)c1=S. The summed E-state index contributed by atoms with van der Waals surface area (Å²) in [5, 5.41) is 7.20. The van der Waals surface area contributed by atoms with E-state index in [1.165, 1.54) is 12.8 Å². The molecule has 0 bridgehead atoms. The first kappa shape index (κ1) is 17.3. The molecule has 5 rings (SSSR count). The van der Waals surface area contributed by atoms with Crippen molar-refractivity contribution >= 4 is 23.6 Å². The Labute approximate surface area is 169 Å². The zero-order valence-electron chi connectivity index (χ0n) is 15.5. The fourth-order valence-electron chi connectivity index (χ4n) is 4.31.